The molecule has 1 aliphatic rings. The minimum Gasteiger partial charge on any atom is -0.328 e. The van der Waals surface area contributed by atoms with Gasteiger partial charge in [-0.3, -0.25) is 4.90 Å². The Morgan fingerprint density at radius 2 is 1.94 bits per heavy atom. The van der Waals surface area contributed by atoms with Gasteiger partial charge in [-0.25, -0.2) is 0 Å². The first kappa shape index (κ1) is 13.5. The Labute approximate surface area is 99.6 Å². The van der Waals surface area contributed by atoms with Crippen molar-refractivity contribution in [2.75, 3.05) is 13.1 Å². The normalized spacial score (nSPS) is 26.0. The van der Waals surface area contributed by atoms with Crippen molar-refractivity contribution in [2.24, 2.45) is 11.7 Å². The number of nitrogens with zero attached hydrogens (tertiary/aromatic N) is 2. The highest BCUT2D eigenvalue weighted by molar-refractivity contribution is 4.83. The van der Waals surface area contributed by atoms with E-state index in [2.05, 4.69) is 24.8 Å². The highest BCUT2D eigenvalue weighted by Gasteiger charge is 2.24. The second-order valence-corrected chi connectivity index (χ2v) is 5.37. The Hall–Kier alpha value is -0.590. The predicted octanol–water partition coefficient (Wildman–Crippen LogP) is 2.13. The van der Waals surface area contributed by atoms with Crippen LogP contribution in [0.3, 0.4) is 0 Å². The lowest BCUT2D eigenvalue weighted by molar-refractivity contribution is 0.137. The van der Waals surface area contributed by atoms with Gasteiger partial charge in [0.1, 0.15) is 0 Å². The molecule has 3 nitrogen and oxygen atoms in total. The summed E-state index contributed by atoms with van der Waals surface area (Å²) in [5.41, 5.74) is 5.93. The molecule has 0 aromatic rings. The van der Waals surface area contributed by atoms with E-state index in [0.717, 1.165) is 25.9 Å². The molecule has 2 N–H and O–H groups in total. The zero-order valence-corrected chi connectivity index (χ0v) is 10.7. The van der Waals surface area contributed by atoms with Crippen LogP contribution in [0.4, 0.5) is 0 Å². The van der Waals surface area contributed by atoms with Gasteiger partial charge < -0.3 is 5.73 Å². The second kappa shape index (κ2) is 6.88. The number of hydrogen-bond donors (Lipinski definition) is 1. The average Bonchev–Trinajstić information content (AvgIpc) is 2.25. The van der Waals surface area contributed by atoms with E-state index < -0.39 is 0 Å². The van der Waals surface area contributed by atoms with Gasteiger partial charge in [0, 0.05) is 31.6 Å². The van der Waals surface area contributed by atoms with Crippen LogP contribution >= 0.6 is 0 Å². The first-order valence-electron chi connectivity index (χ1n) is 6.50. The van der Waals surface area contributed by atoms with E-state index in [0.29, 0.717) is 24.4 Å². The van der Waals surface area contributed by atoms with Crippen LogP contribution in [0.1, 0.15) is 46.0 Å². The van der Waals surface area contributed by atoms with Crippen molar-refractivity contribution in [3.05, 3.63) is 0 Å². The van der Waals surface area contributed by atoms with Crippen molar-refractivity contribution in [2.45, 2.75) is 58.0 Å². The standard InChI is InChI=1S/C13H25N3/c1-11(2)10-16(9-3-8-14)13-6-4-12(15)5-7-13/h11-13H,3-7,9-10,15H2,1-2H3. The Balaban J connectivity index is 2.44. The maximum atomic E-state index is 8.69. The maximum absolute atomic E-state index is 8.69. The van der Waals surface area contributed by atoms with Gasteiger partial charge in [0.15, 0.2) is 0 Å². The van der Waals surface area contributed by atoms with E-state index in [1.807, 2.05) is 0 Å². The van der Waals surface area contributed by atoms with Crippen LogP contribution in [-0.2, 0) is 0 Å². The number of nitrogens with two attached hydrogens (primary N) is 1. The smallest absolute Gasteiger partial charge is 0.0635 e. The summed E-state index contributed by atoms with van der Waals surface area (Å²) in [6.07, 6.45) is 5.35. The van der Waals surface area contributed by atoms with Crippen LogP contribution in [0.15, 0.2) is 0 Å². The highest BCUT2D eigenvalue weighted by atomic mass is 15.2. The van der Waals surface area contributed by atoms with Gasteiger partial charge >= 0.3 is 0 Å². The van der Waals surface area contributed by atoms with Gasteiger partial charge in [0.05, 0.1) is 6.07 Å². The molecule has 0 amide bonds. The molecule has 92 valence electrons. The summed E-state index contributed by atoms with van der Waals surface area (Å²) in [5, 5.41) is 8.69. The van der Waals surface area contributed by atoms with Gasteiger partial charge in [0.25, 0.3) is 0 Å². The van der Waals surface area contributed by atoms with E-state index >= 15 is 0 Å². The third kappa shape index (κ3) is 4.51. The number of nitriles is 1. The largest absolute Gasteiger partial charge is 0.328 e. The zero-order valence-electron chi connectivity index (χ0n) is 10.7. The summed E-state index contributed by atoms with van der Waals surface area (Å²) in [6, 6.07) is 3.33. The van der Waals surface area contributed by atoms with Gasteiger partial charge in [-0.2, -0.15) is 5.26 Å². The minimum absolute atomic E-state index is 0.410. The topological polar surface area (TPSA) is 53.0 Å². The lowest BCUT2D eigenvalue weighted by Gasteiger charge is -2.36. The summed E-state index contributed by atoms with van der Waals surface area (Å²) >= 11 is 0. The Bertz CT molecular complexity index is 224. The molecule has 1 aliphatic carbocycles. The molecular weight excluding hydrogens is 198 g/mol. The fourth-order valence-corrected chi connectivity index (χ4v) is 2.55. The van der Waals surface area contributed by atoms with E-state index in [1.54, 1.807) is 0 Å². The van der Waals surface area contributed by atoms with Crippen LogP contribution in [-0.4, -0.2) is 30.1 Å². The SMILES string of the molecule is CC(C)CN(CCC#N)C1CCC(N)CC1. The molecule has 1 fully saturated rings. The minimum atomic E-state index is 0.410. The molecule has 1 saturated carbocycles. The molecule has 0 atom stereocenters. The molecule has 0 aromatic carbocycles. The maximum Gasteiger partial charge on any atom is 0.0635 e. The Morgan fingerprint density at radius 3 is 2.44 bits per heavy atom. The van der Waals surface area contributed by atoms with Crippen LogP contribution in [0.2, 0.25) is 0 Å². The van der Waals surface area contributed by atoms with Crippen molar-refractivity contribution in [1.82, 2.24) is 4.90 Å². The van der Waals surface area contributed by atoms with Crippen molar-refractivity contribution in [3.8, 4) is 6.07 Å². The van der Waals surface area contributed by atoms with E-state index in [9.17, 15) is 0 Å². The molecule has 0 bridgehead atoms. The molecule has 0 aliphatic heterocycles. The summed E-state index contributed by atoms with van der Waals surface area (Å²) in [7, 11) is 0. The summed E-state index contributed by atoms with van der Waals surface area (Å²) < 4.78 is 0. The molecule has 16 heavy (non-hydrogen) atoms. The predicted molar refractivity (Wildman–Crippen MR) is 66.9 cm³/mol. The first-order valence-corrected chi connectivity index (χ1v) is 6.50. The third-order valence-corrected chi connectivity index (χ3v) is 3.37. The lowest BCUT2D eigenvalue weighted by Crippen LogP contribution is -2.42. The molecular formula is C13H25N3. The van der Waals surface area contributed by atoms with Gasteiger partial charge in [-0.1, -0.05) is 13.8 Å². The van der Waals surface area contributed by atoms with Crippen molar-refractivity contribution in [1.29, 1.82) is 5.26 Å². The zero-order chi connectivity index (χ0) is 12.0. The van der Waals surface area contributed by atoms with Crippen LogP contribution in [0.5, 0.6) is 0 Å². The Morgan fingerprint density at radius 1 is 1.31 bits per heavy atom. The molecule has 0 saturated heterocycles. The number of rotatable bonds is 5. The lowest BCUT2D eigenvalue weighted by atomic mass is 9.90. The Kier molecular flexibility index (Phi) is 5.79. The molecule has 0 heterocycles. The van der Waals surface area contributed by atoms with E-state index in [1.165, 1.54) is 12.8 Å². The number of hydrogen-bond acceptors (Lipinski definition) is 3. The van der Waals surface area contributed by atoms with Crippen molar-refractivity contribution < 1.29 is 0 Å². The summed E-state index contributed by atoms with van der Waals surface area (Å²) in [4.78, 5) is 2.50. The third-order valence-electron chi connectivity index (χ3n) is 3.37. The van der Waals surface area contributed by atoms with Crippen molar-refractivity contribution in [3.63, 3.8) is 0 Å². The molecule has 1 rings (SSSR count). The van der Waals surface area contributed by atoms with Crippen LogP contribution in [0, 0.1) is 17.2 Å². The summed E-state index contributed by atoms with van der Waals surface area (Å²) in [6.45, 7) is 6.53. The fraction of sp³-hybridized carbons (Fsp3) is 0.923. The van der Waals surface area contributed by atoms with Gasteiger partial charge in [0.2, 0.25) is 0 Å². The summed E-state index contributed by atoms with van der Waals surface area (Å²) in [5.74, 6) is 0.675. The van der Waals surface area contributed by atoms with Gasteiger partial charge in [-0.15, -0.1) is 0 Å². The van der Waals surface area contributed by atoms with Gasteiger partial charge in [-0.05, 0) is 31.6 Å². The average molecular weight is 223 g/mol. The molecule has 0 aromatic heterocycles. The van der Waals surface area contributed by atoms with Crippen LogP contribution < -0.4 is 5.73 Å². The molecule has 0 spiro atoms. The monoisotopic (exact) mass is 223 g/mol. The molecule has 0 radical (unpaired) electrons. The van der Waals surface area contributed by atoms with E-state index in [-0.39, 0.29) is 0 Å². The fourth-order valence-electron chi connectivity index (χ4n) is 2.55. The van der Waals surface area contributed by atoms with Crippen molar-refractivity contribution >= 4 is 0 Å². The molecule has 3 heteroatoms. The molecule has 0 unspecified atom stereocenters. The highest BCUT2D eigenvalue weighted by Crippen LogP contribution is 2.23. The quantitative estimate of drug-likeness (QED) is 0.777. The second-order valence-electron chi connectivity index (χ2n) is 5.37. The van der Waals surface area contributed by atoms with E-state index in [4.69, 9.17) is 11.0 Å². The van der Waals surface area contributed by atoms with Crippen LogP contribution in [0.25, 0.3) is 0 Å². The first-order chi connectivity index (χ1) is 7.63.